The first-order chi connectivity index (χ1) is 20.0. The Morgan fingerprint density at radius 1 is 1.07 bits per heavy atom. The number of aliphatic imine (C=N–C) groups is 1. The summed E-state index contributed by atoms with van der Waals surface area (Å²) in [5, 5.41) is 3.38. The number of hydrogen-bond donors (Lipinski definition) is 1. The lowest BCUT2D eigenvalue weighted by Gasteiger charge is -2.42. The van der Waals surface area contributed by atoms with Crippen LogP contribution in [0.4, 0.5) is 17.2 Å². The van der Waals surface area contributed by atoms with Crippen LogP contribution in [0.3, 0.4) is 0 Å². The second-order valence-corrected chi connectivity index (χ2v) is 11.4. The summed E-state index contributed by atoms with van der Waals surface area (Å²) in [6, 6.07) is 8.15. The van der Waals surface area contributed by atoms with Crippen LogP contribution in [0.25, 0.3) is 6.08 Å². The van der Waals surface area contributed by atoms with Gasteiger partial charge in [-0.25, -0.2) is 4.98 Å². The Morgan fingerprint density at radius 2 is 1.88 bits per heavy atom. The molecule has 2 aromatic rings. The van der Waals surface area contributed by atoms with Crippen LogP contribution >= 0.6 is 0 Å². The van der Waals surface area contributed by atoms with E-state index >= 15 is 0 Å². The molecule has 0 radical (unpaired) electrons. The van der Waals surface area contributed by atoms with E-state index in [2.05, 4.69) is 33.7 Å². The van der Waals surface area contributed by atoms with Crippen LogP contribution in [0.15, 0.2) is 66.3 Å². The summed E-state index contributed by atoms with van der Waals surface area (Å²) < 4.78 is 0. The summed E-state index contributed by atoms with van der Waals surface area (Å²) in [6.07, 6.45) is 14.4. The van der Waals surface area contributed by atoms with Gasteiger partial charge in [-0.05, 0) is 56.1 Å². The van der Waals surface area contributed by atoms with Gasteiger partial charge in [-0.1, -0.05) is 30.9 Å². The Kier molecular flexibility index (Phi) is 7.94. The number of nitrogens with one attached hydrogen (secondary N) is 1. The molecule has 4 heterocycles. The van der Waals surface area contributed by atoms with Crippen LogP contribution < -0.4 is 5.32 Å². The number of likely N-dealkylation sites (tertiary alicyclic amines) is 1. The number of ketones is 1. The van der Waals surface area contributed by atoms with Crippen molar-refractivity contribution in [3.63, 3.8) is 0 Å². The average Bonchev–Trinajstić information content (AvgIpc) is 3.30. The summed E-state index contributed by atoms with van der Waals surface area (Å²) in [4.78, 5) is 42.7. The highest BCUT2D eigenvalue weighted by Gasteiger charge is 2.29. The van der Waals surface area contributed by atoms with Gasteiger partial charge in [0, 0.05) is 80.8 Å². The number of fused-ring (bicyclic) bond motifs is 2. The van der Waals surface area contributed by atoms with Crippen molar-refractivity contribution < 1.29 is 9.59 Å². The van der Waals surface area contributed by atoms with Gasteiger partial charge in [-0.15, -0.1) is 0 Å². The molecule has 0 saturated carbocycles. The normalized spacial score (nSPS) is 21.9. The maximum absolute atomic E-state index is 13.4. The number of carbonyl (C=O) groups excluding carboxylic acids is 2. The molecular weight excluding hydrogens is 512 g/mol. The molecule has 41 heavy (non-hydrogen) atoms. The number of pyridine rings is 1. The lowest BCUT2D eigenvalue weighted by molar-refractivity contribution is -0.120. The summed E-state index contributed by atoms with van der Waals surface area (Å²) in [5.41, 5.74) is 4.69. The molecule has 1 atom stereocenters. The van der Waals surface area contributed by atoms with Crippen LogP contribution in [-0.4, -0.2) is 89.4 Å². The van der Waals surface area contributed by atoms with Crippen molar-refractivity contribution in [2.75, 3.05) is 51.6 Å². The van der Waals surface area contributed by atoms with Gasteiger partial charge in [-0.2, -0.15) is 0 Å². The van der Waals surface area contributed by atoms with Gasteiger partial charge in [-0.3, -0.25) is 19.5 Å². The fraction of sp³-hybridized carbons (Fsp3) is 0.394. The minimum atomic E-state index is -0.219. The minimum absolute atomic E-state index is 0.0700. The first-order valence-corrected chi connectivity index (χ1v) is 14.7. The van der Waals surface area contributed by atoms with E-state index in [1.807, 2.05) is 53.5 Å². The standard InChI is InChI=1S/C33H38N6O2/c1-3-23-19-24(33(41)39-13-11-26(12-14-39)38-17-15-37(2)16-18-38)9-10-28(23)36-32-21-30-25(22-34-32)20-31(40)27-7-5-4-6-8-29(27)35-30/h3-6,8-10,19,21-22,26-27H,1,7,11-18,20H2,2H3,(H,34,36). The Bertz CT molecular complexity index is 1430. The number of carbonyl (C=O) groups is 2. The van der Waals surface area contributed by atoms with Gasteiger partial charge in [0.2, 0.25) is 0 Å². The smallest absolute Gasteiger partial charge is 0.253 e. The Balaban J connectivity index is 1.14. The van der Waals surface area contributed by atoms with Gasteiger partial charge in [0.25, 0.3) is 5.91 Å². The van der Waals surface area contributed by atoms with E-state index in [4.69, 9.17) is 4.99 Å². The molecule has 1 aromatic carbocycles. The maximum atomic E-state index is 13.4. The predicted octanol–water partition coefficient (Wildman–Crippen LogP) is 4.65. The fourth-order valence-corrected chi connectivity index (χ4v) is 6.25. The molecule has 4 aliphatic rings. The molecule has 1 unspecified atom stereocenters. The number of Topliss-reactive ketones (excluding diaryl/α,β-unsaturated/α-hetero) is 1. The quantitative estimate of drug-likeness (QED) is 0.584. The zero-order chi connectivity index (χ0) is 28.3. The number of anilines is 2. The molecule has 1 aromatic heterocycles. The van der Waals surface area contributed by atoms with Crippen LogP contribution in [-0.2, 0) is 11.2 Å². The number of allylic oxidation sites excluding steroid dienone is 4. The Labute approximate surface area is 242 Å². The van der Waals surface area contributed by atoms with Gasteiger partial charge >= 0.3 is 0 Å². The van der Waals surface area contributed by atoms with Crippen LogP contribution in [0, 0.1) is 5.92 Å². The maximum Gasteiger partial charge on any atom is 0.253 e. The van der Waals surface area contributed by atoms with Crippen LogP contribution in [0.5, 0.6) is 0 Å². The number of piperazine rings is 1. The highest BCUT2D eigenvalue weighted by Crippen LogP contribution is 2.32. The molecule has 212 valence electrons. The van der Waals surface area contributed by atoms with Crippen molar-refractivity contribution >= 4 is 40.7 Å². The first-order valence-electron chi connectivity index (χ1n) is 14.7. The van der Waals surface area contributed by atoms with Crippen molar-refractivity contribution in [1.82, 2.24) is 19.7 Å². The van der Waals surface area contributed by atoms with Crippen LogP contribution in [0.2, 0.25) is 0 Å². The van der Waals surface area contributed by atoms with Crippen molar-refractivity contribution in [3.8, 4) is 0 Å². The third kappa shape index (κ3) is 5.94. The second-order valence-electron chi connectivity index (χ2n) is 11.4. The number of rotatable bonds is 5. The third-order valence-corrected chi connectivity index (χ3v) is 8.79. The van der Waals surface area contributed by atoms with E-state index in [1.54, 1.807) is 12.3 Å². The molecule has 2 saturated heterocycles. The number of benzene rings is 1. The van der Waals surface area contributed by atoms with E-state index in [1.165, 1.54) is 0 Å². The van der Waals surface area contributed by atoms with Crippen molar-refractivity contribution in [2.45, 2.75) is 31.7 Å². The minimum Gasteiger partial charge on any atom is -0.340 e. The topological polar surface area (TPSA) is 81.1 Å². The molecule has 6 rings (SSSR count). The number of piperidine rings is 1. The number of likely N-dealkylation sites (N-methyl/N-ethyl adjacent to an activating group) is 1. The van der Waals surface area contributed by atoms with E-state index in [0.717, 1.165) is 80.3 Å². The molecule has 3 aliphatic heterocycles. The highest BCUT2D eigenvalue weighted by molar-refractivity contribution is 6.13. The van der Waals surface area contributed by atoms with Crippen LogP contribution in [0.1, 0.15) is 40.7 Å². The SMILES string of the molecule is C=Cc1cc(C(=O)N2CCC(N3CCN(C)CC3)CC2)ccc1Nc1cc2c(cn1)CC(=O)C1CC=CC=CC1=N2. The molecule has 0 spiro atoms. The third-order valence-electron chi connectivity index (χ3n) is 8.79. The monoisotopic (exact) mass is 550 g/mol. The van der Waals surface area contributed by atoms with E-state index in [-0.39, 0.29) is 17.6 Å². The van der Waals surface area contributed by atoms with Crippen molar-refractivity contribution in [2.24, 2.45) is 10.9 Å². The average molecular weight is 551 g/mol. The van der Waals surface area contributed by atoms with Gasteiger partial charge < -0.3 is 15.1 Å². The Morgan fingerprint density at radius 3 is 2.66 bits per heavy atom. The predicted molar refractivity (Wildman–Crippen MR) is 164 cm³/mol. The largest absolute Gasteiger partial charge is 0.340 e. The van der Waals surface area contributed by atoms with Crippen molar-refractivity contribution in [1.29, 1.82) is 0 Å². The van der Waals surface area contributed by atoms with Gasteiger partial charge in [0.05, 0.1) is 17.3 Å². The molecule has 1 N–H and O–H groups in total. The van der Waals surface area contributed by atoms with Gasteiger partial charge in [0.1, 0.15) is 11.6 Å². The number of aromatic nitrogens is 1. The van der Waals surface area contributed by atoms with Gasteiger partial charge in [0.15, 0.2) is 0 Å². The highest BCUT2D eigenvalue weighted by atomic mass is 16.2. The summed E-state index contributed by atoms with van der Waals surface area (Å²) in [7, 11) is 2.18. The summed E-state index contributed by atoms with van der Waals surface area (Å²) in [6.45, 7) is 10.0. The molecule has 1 amide bonds. The van der Waals surface area contributed by atoms with E-state index in [9.17, 15) is 9.59 Å². The molecule has 2 fully saturated rings. The summed E-state index contributed by atoms with van der Waals surface area (Å²) >= 11 is 0. The lowest BCUT2D eigenvalue weighted by Crippen LogP contribution is -2.52. The zero-order valence-electron chi connectivity index (χ0n) is 23.8. The second kappa shape index (κ2) is 11.9. The number of amides is 1. The van der Waals surface area contributed by atoms with E-state index in [0.29, 0.717) is 30.3 Å². The molecule has 0 bridgehead atoms. The molecule has 8 heteroatoms. The molecule has 1 aliphatic carbocycles. The Hall–Kier alpha value is -3.88. The first kappa shape index (κ1) is 27.3. The molecular formula is C33H38N6O2. The lowest BCUT2D eigenvalue weighted by atomic mass is 9.92. The number of nitrogens with zero attached hydrogens (tertiary/aromatic N) is 5. The van der Waals surface area contributed by atoms with Crippen molar-refractivity contribution in [3.05, 3.63) is 78.0 Å². The zero-order valence-corrected chi connectivity index (χ0v) is 23.8. The number of hydrogen-bond acceptors (Lipinski definition) is 7. The fourth-order valence-electron chi connectivity index (χ4n) is 6.25. The van der Waals surface area contributed by atoms with E-state index < -0.39 is 0 Å². The molecule has 8 nitrogen and oxygen atoms in total. The summed E-state index contributed by atoms with van der Waals surface area (Å²) in [5.74, 6) is 0.645.